The minimum atomic E-state index is -0.359. The van der Waals surface area contributed by atoms with Crippen LogP contribution >= 0.6 is 0 Å². The summed E-state index contributed by atoms with van der Waals surface area (Å²) in [6.07, 6.45) is 1.12. The van der Waals surface area contributed by atoms with Crippen molar-refractivity contribution in [3.63, 3.8) is 0 Å². The average Bonchev–Trinajstić information content (AvgIpc) is 3.08. The molecule has 31 heavy (non-hydrogen) atoms. The molecular weight excluding hydrogens is 389 g/mol. The van der Waals surface area contributed by atoms with Crippen molar-refractivity contribution < 1.29 is 9.50 Å². The van der Waals surface area contributed by atoms with Crippen LogP contribution in [0.2, 0.25) is 0 Å². The fourth-order valence-electron chi connectivity index (χ4n) is 3.83. The highest BCUT2D eigenvalue weighted by atomic mass is 19.1. The number of rotatable bonds is 7. The van der Waals surface area contributed by atoms with Crippen molar-refractivity contribution in [1.29, 1.82) is 0 Å². The number of aromatic amines is 1. The molecule has 0 atom stereocenters. The van der Waals surface area contributed by atoms with E-state index >= 15 is 0 Å². The summed E-state index contributed by atoms with van der Waals surface area (Å²) in [6, 6.07) is 22.3. The van der Waals surface area contributed by atoms with Gasteiger partial charge in [0, 0.05) is 17.5 Å². The lowest BCUT2D eigenvalue weighted by molar-refractivity contribution is 0.327. The Kier molecular flexibility index (Phi) is 6.14. The first-order valence-corrected chi connectivity index (χ1v) is 10.5. The quantitative estimate of drug-likeness (QED) is 0.363. The molecule has 1 heterocycles. The zero-order valence-corrected chi connectivity index (χ0v) is 17.8. The van der Waals surface area contributed by atoms with E-state index in [1.807, 2.05) is 42.5 Å². The molecule has 4 nitrogen and oxygen atoms in total. The minimum Gasteiger partial charge on any atom is -0.494 e. The highest BCUT2D eigenvalue weighted by Gasteiger charge is 2.19. The van der Waals surface area contributed by atoms with Gasteiger partial charge in [-0.1, -0.05) is 49.4 Å². The second kappa shape index (κ2) is 9.14. The van der Waals surface area contributed by atoms with E-state index in [9.17, 15) is 9.50 Å². The Bertz CT molecular complexity index is 1200. The first-order chi connectivity index (χ1) is 15.0. The summed E-state index contributed by atoms with van der Waals surface area (Å²) in [5, 5.41) is 11.4. The van der Waals surface area contributed by atoms with Gasteiger partial charge in [-0.3, -0.25) is 0 Å². The van der Waals surface area contributed by atoms with Crippen LogP contribution in [-0.2, 0) is 6.54 Å². The van der Waals surface area contributed by atoms with Crippen LogP contribution in [0.25, 0.3) is 10.9 Å². The van der Waals surface area contributed by atoms with Crippen molar-refractivity contribution in [3.8, 4) is 5.88 Å². The van der Waals surface area contributed by atoms with E-state index in [4.69, 9.17) is 4.99 Å². The molecule has 0 bridgehead atoms. The predicted octanol–water partition coefficient (Wildman–Crippen LogP) is 6.02. The maximum absolute atomic E-state index is 13.7. The molecule has 4 aromatic rings. The highest BCUT2D eigenvalue weighted by Crippen LogP contribution is 2.32. The number of aromatic nitrogens is 1. The van der Waals surface area contributed by atoms with Crippen LogP contribution in [0.15, 0.2) is 77.8 Å². The van der Waals surface area contributed by atoms with Crippen LogP contribution in [-0.4, -0.2) is 34.3 Å². The van der Waals surface area contributed by atoms with Gasteiger partial charge in [0.05, 0.1) is 22.5 Å². The van der Waals surface area contributed by atoms with E-state index in [2.05, 4.69) is 36.0 Å². The summed E-state index contributed by atoms with van der Waals surface area (Å²) >= 11 is 0. The number of hydrogen-bond acceptors (Lipinski definition) is 3. The van der Waals surface area contributed by atoms with E-state index < -0.39 is 0 Å². The maximum Gasteiger partial charge on any atom is 0.199 e. The van der Waals surface area contributed by atoms with Crippen LogP contribution in [0, 0.1) is 5.82 Å². The molecule has 0 fully saturated rings. The van der Waals surface area contributed by atoms with Crippen LogP contribution in [0.5, 0.6) is 5.88 Å². The molecule has 0 aliphatic rings. The standard InChI is InChI=1S/C26H26FN3O/c1-3-15-30(2)17-18-9-12-21(13-10-18)28-25(19-7-5-4-6-8-19)24-22-14-11-20(27)16-23(22)29-26(24)31/h4-14,16,29,31H,3,15,17H2,1-2H3. The number of hydrogen-bond donors (Lipinski definition) is 2. The summed E-state index contributed by atoms with van der Waals surface area (Å²) in [5.41, 5.74) is 4.61. The van der Waals surface area contributed by atoms with Gasteiger partial charge in [0.25, 0.3) is 0 Å². The SMILES string of the molecule is CCCN(C)Cc1ccc(N=C(c2ccccc2)c2c(O)[nH]c3cc(F)ccc23)cc1. The lowest BCUT2D eigenvalue weighted by Crippen LogP contribution is -2.18. The molecule has 0 aliphatic heterocycles. The van der Waals surface area contributed by atoms with E-state index in [1.165, 1.54) is 17.7 Å². The monoisotopic (exact) mass is 415 g/mol. The molecule has 0 unspecified atom stereocenters. The van der Waals surface area contributed by atoms with E-state index in [1.54, 1.807) is 6.07 Å². The third kappa shape index (κ3) is 4.67. The zero-order chi connectivity index (χ0) is 21.8. The number of fused-ring (bicyclic) bond motifs is 1. The Morgan fingerprint density at radius 2 is 1.77 bits per heavy atom. The molecule has 0 spiro atoms. The Hall–Kier alpha value is -3.44. The minimum absolute atomic E-state index is 0.0268. The number of aromatic hydroxyl groups is 1. The Labute approximate surface area is 181 Å². The van der Waals surface area contributed by atoms with Gasteiger partial charge in [0.1, 0.15) is 5.82 Å². The number of benzene rings is 3. The highest BCUT2D eigenvalue weighted by molar-refractivity contribution is 6.21. The van der Waals surface area contributed by atoms with Gasteiger partial charge in [0.2, 0.25) is 0 Å². The molecule has 2 N–H and O–H groups in total. The first-order valence-electron chi connectivity index (χ1n) is 10.5. The Morgan fingerprint density at radius 3 is 2.48 bits per heavy atom. The van der Waals surface area contributed by atoms with Crippen molar-refractivity contribution in [3.05, 3.63) is 95.3 Å². The summed E-state index contributed by atoms with van der Waals surface area (Å²) in [7, 11) is 2.12. The van der Waals surface area contributed by atoms with E-state index in [0.29, 0.717) is 16.8 Å². The Morgan fingerprint density at radius 1 is 1.03 bits per heavy atom. The molecule has 0 saturated heterocycles. The lowest BCUT2D eigenvalue weighted by atomic mass is 10.0. The van der Waals surface area contributed by atoms with Gasteiger partial charge in [0.15, 0.2) is 5.88 Å². The van der Waals surface area contributed by atoms with Crippen LogP contribution < -0.4 is 0 Å². The van der Waals surface area contributed by atoms with Gasteiger partial charge in [-0.15, -0.1) is 0 Å². The van der Waals surface area contributed by atoms with Gasteiger partial charge >= 0.3 is 0 Å². The van der Waals surface area contributed by atoms with Crippen molar-refractivity contribution in [1.82, 2.24) is 9.88 Å². The fraction of sp³-hybridized carbons (Fsp3) is 0.192. The average molecular weight is 416 g/mol. The smallest absolute Gasteiger partial charge is 0.199 e. The molecule has 5 heteroatoms. The maximum atomic E-state index is 13.7. The third-order valence-electron chi connectivity index (χ3n) is 5.26. The van der Waals surface area contributed by atoms with Crippen molar-refractivity contribution >= 4 is 22.3 Å². The van der Waals surface area contributed by atoms with Crippen molar-refractivity contribution in [2.75, 3.05) is 13.6 Å². The number of H-pyrrole nitrogens is 1. The van der Waals surface area contributed by atoms with Gasteiger partial charge < -0.3 is 15.0 Å². The third-order valence-corrected chi connectivity index (χ3v) is 5.26. The summed E-state index contributed by atoms with van der Waals surface area (Å²) < 4.78 is 13.7. The number of nitrogens with zero attached hydrogens (tertiary/aromatic N) is 2. The number of aliphatic imine (C=N–C) groups is 1. The molecule has 0 aliphatic carbocycles. The topological polar surface area (TPSA) is 51.6 Å². The van der Waals surface area contributed by atoms with Crippen LogP contribution in [0.1, 0.15) is 30.0 Å². The van der Waals surface area contributed by atoms with E-state index in [-0.39, 0.29) is 11.7 Å². The largest absolute Gasteiger partial charge is 0.494 e. The summed E-state index contributed by atoms with van der Waals surface area (Å²) in [5.74, 6) is -0.386. The summed E-state index contributed by atoms with van der Waals surface area (Å²) in [6.45, 7) is 4.12. The Balaban J connectivity index is 1.77. The first kappa shape index (κ1) is 20.8. The number of nitrogens with one attached hydrogen (secondary N) is 1. The van der Waals surface area contributed by atoms with Crippen molar-refractivity contribution in [2.24, 2.45) is 4.99 Å². The fourth-order valence-corrected chi connectivity index (χ4v) is 3.83. The zero-order valence-electron chi connectivity index (χ0n) is 17.8. The van der Waals surface area contributed by atoms with Gasteiger partial charge in [-0.2, -0.15) is 0 Å². The molecule has 1 aromatic heterocycles. The second-order valence-electron chi connectivity index (χ2n) is 7.77. The molecular formula is C26H26FN3O. The molecule has 4 rings (SSSR count). The summed E-state index contributed by atoms with van der Waals surface area (Å²) in [4.78, 5) is 10.1. The molecule has 158 valence electrons. The van der Waals surface area contributed by atoms with Gasteiger partial charge in [-0.25, -0.2) is 9.38 Å². The molecule has 0 amide bonds. The lowest BCUT2D eigenvalue weighted by Gasteiger charge is -2.15. The van der Waals surface area contributed by atoms with Crippen LogP contribution in [0.3, 0.4) is 0 Å². The van der Waals surface area contributed by atoms with E-state index in [0.717, 1.165) is 36.1 Å². The number of halogens is 1. The molecule has 0 radical (unpaired) electrons. The van der Waals surface area contributed by atoms with Crippen molar-refractivity contribution in [2.45, 2.75) is 19.9 Å². The molecule has 0 saturated carbocycles. The van der Waals surface area contributed by atoms with Gasteiger partial charge in [-0.05, 0) is 55.9 Å². The van der Waals surface area contributed by atoms with Crippen LogP contribution in [0.4, 0.5) is 10.1 Å². The predicted molar refractivity (Wildman–Crippen MR) is 125 cm³/mol. The second-order valence-corrected chi connectivity index (χ2v) is 7.77. The molecule has 3 aromatic carbocycles. The normalized spacial score (nSPS) is 12.1.